The number of pyridine rings is 1. The van der Waals surface area contributed by atoms with Gasteiger partial charge >= 0.3 is 0 Å². The molecule has 1 aromatic carbocycles. The Morgan fingerprint density at radius 3 is 2.71 bits per heavy atom. The van der Waals surface area contributed by atoms with Crippen molar-refractivity contribution in [3.05, 3.63) is 77.4 Å². The van der Waals surface area contributed by atoms with E-state index in [9.17, 15) is 0 Å². The maximum absolute atomic E-state index is 5.49. The fraction of sp³-hybridized carbons (Fsp3) is 0.375. The van der Waals surface area contributed by atoms with Gasteiger partial charge in [-0.3, -0.25) is 4.98 Å². The zero-order valence-corrected chi connectivity index (χ0v) is 17.9. The highest BCUT2D eigenvalue weighted by molar-refractivity contribution is 5.46. The number of aromatic nitrogens is 3. The van der Waals surface area contributed by atoms with Gasteiger partial charge in [0, 0.05) is 37.5 Å². The molecular weight excluding hydrogens is 388 g/mol. The van der Waals surface area contributed by atoms with Crippen LogP contribution in [0.1, 0.15) is 29.1 Å². The number of anilines is 1. The van der Waals surface area contributed by atoms with Crippen molar-refractivity contribution in [3.63, 3.8) is 0 Å². The van der Waals surface area contributed by atoms with Crippen LogP contribution in [0.2, 0.25) is 0 Å². The molecule has 1 aliphatic rings. The molecule has 0 radical (unpaired) electrons. The molecule has 3 heterocycles. The summed E-state index contributed by atoms with van der Waals surface area (Å²) in [5, 5.41) is 8.81. The number of aryl methyl sites for hydroxylation is 3. The predicted molar refractivity (Wildman–Crippen MR) is 121 cm³/mol. The van der Waals surface area contributed by atoms with E-state index in [-0.39, 0.29) is 0 Å². The first-order valence-corrected chi connectivity index (χ1v) is 10.8. The van der Waals surface area contributed by atoms with Crippen molar-refractivity contribution in [2.45, 2.75) is 32.7 Å². The Hall–Kier alpha value is -3.19. The number of azo groups is 1. The molecular formula is C24H28N6O. The quantitative estimate of drug-likeness (QED) is 0.506. The molecule has 0 amide bonds. The van der Waals surface area contributed by atoms with Gasteiger partial charge in [0.2, 0.25) is 0 Å². The first kappa shape index (κ1) is 21.1. The van der Waals surface area contributed by atoms with Crippen molar-refractivity contribution < 1.29 is 4.74 Å². The molecule has 31 heavy (non-hydrogen) atoms. The molecule has 7 heteroatoms. The molecule has 2 aromatic heterocycles. The first-order valence-electron chi connectivity index (χ1n) is 10.8. The summed E-state index contributed by atoms with van der Waals surface area (Å²) in [5.41, 5.74) is 3.45. The van der Waals surface area contributed by atoms with E-state index in [2.05, 4.69) is 56.3 Å². The minimum absolute atomic E-state index is 0.535. The summed E-state index contributed by atoms with van der Waals surface area (Å²) in [4.78, 5) is 16.1. The lowest BCUT2D eigenvalue weighted by Crippen LogP contribution is -2.36. The fourth-order valence-corrected chi connectivity index (χ4v) is 3.56. The maximum atomic E-state index is 5.49. The van der Waals surface area contributed by atoms with E-state index in [1.54, 1.807) is 0 Å². The number of hydrogen-bond donors (Lipinski definition) is 0. The highest BCUT2D eigenvalue weighted by Gasteiger charge is 2.15. The first-order chi connectivity index (χ1) is 15.3. The van der Waals surface area contributed by atoms with E-state index in [1.165, 1.54) is 5.56 Å². The third kappa shape index (κ3) is 6.39. The van der Waals surface area contributed by atoms with Crippen LogP contribution in [0.4, 0.5) is 11.6 Å². The molecule has 0 saturated carbocycles. The molecule has 4 rings (SSSR count). The molecule has 1 fully saturated rings. The summed E-state index contributed by atoms with van der Waals surface area (Å²) >= 11 is 0. The minimum Gasteiger partial charge on any atom is -0.378 e. The summed E-state index contributed by atoms with van der Waals surface area (Å²) in [7, 11) is 0. The SMILES string of the molecule is Cc1cccc(CN=Nc2cc(N3CCOCC3)nc(CCCc3ccccn3)n2)c1. The third-order valence-corrected chi connectivity index (χ3v) is 5.15. The summed E-state index contributed by atoms with van der Waals surface area (Å²) < 4.78 is 5.49. The number of hydrogen-bond acceptors (Lipinski definition) is 7. The van der Waals surface area contributed by atoms with Crippen LogP contribution < -0.4 is 4.90 Å². The van der Waals surface area contributed by atoms with Gasteiger partial charge in [0.25, 0.3) is 0 Å². The Balaban J connectivity index is 1.47. The normalized spacial score (nSPS) is 14.3. The van der Waals surface area contributed by atoms with Gasteiger partial charge < -0.3 is 9.64 Å². The Morgan fingerprint density at radius 2 is 1.90 bits per heavy atom. The molecule has 160 valence electrons. The molecule has 0 N–H and O–H groups in total. The van der Waals surface area contributed by atoms with E-state index in [0.29, 0.717) is 25.6 Å². The van der Waals surface area contributed by atoms with E-state index < -0.39 is 0 Å². The molecule has 0 spiro atoms. The number of morpholine rings is 1. The van der Waals surface area contributed by atoms with Crippen molar-refractivity contribution in [3.8, 4) is 0 Å². The molecule has 7 nitrogen and oxygen atoms in total. The Labute approximate surface area is 183 Å². The van der Waals surface area contributed by atoms with Gasteiger partial charge in [-0.15, -0.1) is 5.11 Å². The lowest BCUT2D eigenvalue weighted by Gasteiger charge is -2.28. The maximum Gasteiger partial charge on any atom is 0.179 e. The number of nitrogens with zero attached hydrogens (tertiary/aromatic N) is 6. The van der Waals surface area contributed by atoms with Gasteiger partial charge in [0.15, 0.2) is 5.82 Å². The van der Waals surface area contributed by atoms with Crippen LogP contribution >= 0.6 is 0 Å². The Morgan fingerprint density at radius 1 is 1.00 bits per heavy atom. The molecule has 0 bridgehead atoms. The topological polar surface area (TPSA) is 75.9 Å². The van der Waals surface area contributed by atoms with Crippen molar-refractivity contribution >= 4 is 11.6 Å². The van der Waals surface area contributed by atoms with Gasteiger partial charge in [0.1, 0.15) is 11.6 Å². The van der Waals surface area contributed by atoms with E-state index >= 15 is 0 Å². The third-order valence-electron chi connectivity index (χ3n) is 5.15. The van der Waals surface area contributed by atoms with Gasteiger partial charge in [-0.05, 0) is 37.5 Å². The predicted octanol–water partition coefficient (Wildman–Crippen LogP) is 4.48. The summed E-state index contributed by atoms with van der Waals surface area (Å²) in [6.45, 7) is 5.69. The second kappa shape index (κ2) is 10.7. The van der Waals surface area contributed by atoms with Crippen LogP contribution in [-0.2, 0) is 24.1 Å². The lowest BCUT2D eigenvalue weighted by atomic mass is 10.1. The highest BCUT2D eigenvalue weighted by atomic mass is 16.5. The summed E-state index contributed by atoms with van der Waals surface area (Å²) in [6, 6.07) is 16.2. The molecule has 0 aliphatic carbocycles. The van der Waals surface area contributed by atoms with Gasteiger partial charge in [-0.25, -0.2) is 9.97 Å². The summed E-state index contributed by atoms with van der Waals surface area (Å²) in [5.74, 6) is 2.30. The number of ether oxygens (including phenoxy) is 1. The van der Waals surface area contributed by atoms with Crippen LogP contribution in [0.5, 0.6) is 0 Å². The van der Waals surface area contributed by atoms with Crippen LogP contribution in [-0.4, -0.2) is 41.3 Å². The van der Waals surface area contributed by atoms with Crippen molar-refractivity contribution in [1.29, 1.82) is 0 Å². The minimum atomic E-state index is 0.535. The Kier molecular flexibility index (Phi) is 7.28. The van der Waals surface area contributed by atoms with Crippen molar-refractivity contribution in [2.24, 2.45) is 10.2 Å². The smallest absolute Gasteiger partial charge is 0.179 e. The van der Waals surface area contributed by atoms with Crippen molar-refractivity contribution in [1.82, 2.24) is 15.0 Å². The van der Waals surface area contributed by atoms with Gasteiger partial charge in [0.05, 0.1) is 19.8 Å². The van der Waals surface area contributed by atoms with Gasteiger partial charge in [-0.2, -0.15) is 5.11 Å². The van der Waals surface area contributed by atoms with Crippen molar-refractivity contribution in [2.75, 3.05) is 31.2 Å². The van der Waals surface area contributed by atoms with E-state index in [4.69, 9.17) is 9.72 Å². The Bertz CT molecular complexity index is 1000. The average molecular weight is 417 g/mol. The molecule has 3 aromatic rings. The number of rotatable bonds is 8. The molecule has 1 aliphatic heterocycles. The standard InChI is InChI=1S/C24H28N6O/c1-19-6-4-7-20(16-19)18-26-29-23-17-24(30-12-14-31-15-13-30)28-22(27-23)10-5-9-21-8-2-3-11-25-21/h2-4,6-8,11,16-17H,5,9-10,12-15,18H2,1H3. The molecule has 1 saturated heterocycles. The van der Waals surface area contributed by atoms with Crippen LogP contribution in [0, 0.1) is 6.92 Å². The largest absolute Gasteiger partial charge is 0.378 e. The average Bonchev–Trinajstić information content (AvgIpc) is 2.80. The zero-order valence-electron chi connectivity index (χ0n) is 17.9. The second-order valence-corrected chi connectivity index (χ2v) is 7.66. The lowest BCUT2D eigenvalue weighted by molar-refractivity contribution is 0.122. The van der Waals surface area contributed by atoms with Crippen LogP contribution in [0.15, 0.2) is 65.0 Å². The van der Waals surface area contributed by atoms with Crippen LogP contribution in [0.25, 0.3) is 0 Å². The monoisotopic (exact) mass is 416 g/mol. The van der Waals surface area contributed by atoms with E-state index in [1.807, 2.05) is 30.5 Å². The molecule has 0 atom stereocenters. The van der Waals surface area contributed by atoms with Crippen LogP contribution in [0.3, 0.4) is 0 Å². The number of benzene rings is 1. The highest BCUT2D eigenvalue weighted by Crippen LogP contribution is 2.21. The summed E-state index contributed by atoms with van der Waals surface area (Å²) in [6.07, 6.45) is 4.44. The zero-order chi connectivity index (χ0) is 21.3. The second-order valence-electron chi connectivity index (χ2n) is 7.66. The van der Waals surface area contributed by atoms with Gasteiger partial charge in [-0.1, -0.05) is 35.9 Å². The molecule has 0 unspecified atom stereocenters. The fourth-order valence-electron chi connectivity index (χ4n) is 3.56. The van der Waals surface area contributed by atoms with E-state index in [0.717, 1.165) is 55.3 Å².